The Kier molecular flexibility index (Phi) is 5.08. The Bertz CT molecular complexity index is 1560. The number of hydrogen-bond acceptors (Lipinski definition) is 8. The van der Waals surface area contributed by atoms with E-state index in [1.807, 2.05) is 13.0 Å². The van der Waals surface area contributed by atoms with Gasteiger partial charge in [0.05, 0.1) is 18.1 Å². The Hall–Kier alpha value is -4.34. The average molecular weight is 450 g/mol. The molecule has 4 aromatic heterocycles. The summed E-state index contributed by atoms with van der Waals surface area (Å²) in [6.07, 6.45) is 4.54. The van der Waals surface area contributed by atoms with E-state index in [0.29, 0.717) is 13.0 Å². The number of nitriles is 1. The maximum Gasteiger partial charge on any atom is 0.293 e. The van der Waals surface area contributed by atoms with Crippen LogP contribution in [-0.2, 0) is 12.1 Å². The van der Waals surface area contributed by atoms with Gasteiger partial charge in [0, 0.05) is 12.6 Å². The van der Waals surface area contributed by atoms with Gasteiger partial charge in [-0.1, -0.05) is 0 Å². The molecule has 0 aliphatic heterocycles. The maximum atomic E-state index is 13.2. The van der Waals surface area contributed by atoms with Gasteiger partial charge in [-0.25, -0.2) is 9.67 Å². The standard InChI is InChI=1S/C20H22N10O3/c1-11(28-10-25-30-15(18(28)32)12(7-21)8-24-30)5-6-27-9-23-13-14(17(22)31)26-29(20(2,3)4)19(33)16(13)27/h8-11H,5-6H2,1-4H3,(H2,22,31). The molecule has 0 fully saturated rings. The van der Waals surface area contributed by atoms with Gasteiger partial charge in [-0.05, 0) is 34.1 Å². The molecule has 0 aliphatic rings. The van der Waals surface area contributed by atoms with Crippen molar-refractivity contribution in [1.29, 1.82) is 5.26 Å². The highest BCUT2D eigenvalue weighted by Crippen LogP contribution is 2.18. The minimum absolute atomic E-state index is 0.0815. The molecule has 0 spiro atoms. The Balaban J connectivity index is 1.73. The third kappa shape index (κ3) is 3.55. The summed E-state index contributed by atoms with van der Waals surface area (Å²) in [6, 6.07) is 1.62. The minimum Gasteiger partial charge on any atom is -0.364 e. The predicted molar refractivity (Wildman–Crippen MR) is 117 cm³/mol. The van der Waals surface area contributed by atoms with E-state index in [1.165, 1.54) is 28.1 Å². The maximum absolute atomic E-state index is 13.2. The van der Waals surface area contributed by atoms with Crippen LogP contribution in [-0.4, -0.2) is 44.6 Å². The molecule has 4 aromatic rings. The number of amides is 1. The summed E-state index contributed by atoms with van der Waals surface area (Å²) in [5, 5.41) is 21.4. The number of imidazole rings is 1. The molecule has 4 heterocycles. The molecule has 0 bridgehead atoms. The molecule has 2 N–H and O–H groups in total. The zero-order valence-electron chi connectivity index (χ0n) is 18.6. The van der Waals surface area contributed by atoms with Crippen LogP contribution in [0.2, 0.25) is 0 Å². The van der Waals surface area contributed by atoms with E-state index in [2.05, 4.69) is 20.3 Å². The lowest BCUT2D eigenvalue weighted by Gasteiger charge is -2.21. The molecule has 170 valence electrons. The summed E-state index contributed by atoms with van der Waals surface area (Å²) in [6.45, 7) is 7.53. The summed E-state index contributed by atoms with van der Waals surface area (Å²) in [4.78, 5) is 42.2. The number of carbonyl (C=O) groups is 1. The van der Waals surface area contributed by atoms with Crippen LogP contribution >= 0.6 is 0 Å². The molecule has 0 aliphatic carbocycles. The fourth-order valence-corrected chi connectivity index (χ4v) is 3.63. The van der Waals surface area contributed by atoms with Gasteiger partial charge < -0.3 is 10.3 Å². The van der Waals surface area contributed by atoms with Crippen molar-refractivity contribution >= 4 is 22.5 Å². The lowest BCUT2D eigenvalue weighted by Crippen LogP contribution is -2.38. The number of aryl methyl sites for hydroxylation is 1. The second-order valence-electron chi connectivity index (χ2n) is 8.72. The summed E-state index contributed by atoms with van der Waals surface area (Å²) in [5.74, 6) is -0.781. The molecule has 1 atom stereocenters. The first kappa shape index (κ1) is 21.9. The highest BCUT2D eigenvalue weighted by Gasteiger charge is 2.25. The number of hydrogen-bond donors (Lipinski definition) is 1. The third-order valence-corrected chi connectivity index (χ3v) is 5.38. The Morgan fingerprint density at radius 1 is 1.18 bits per heavy atom. The van der Waals surface area contributed by atoms with E-state index >= 15 is 0 Å². The van der Waals surface area contributed by atoms with E-state index in [4.69, 9.17) is 5.73 Å². The molecule has 0 saturated carbocycles. The monoisotopic (exact) mass is 450 g/mol. The van der Waals surface area contributed by atoms with Gasteiger partial charge in [-0.3, -0.25) is 19.0 Å². The van der Waals surface area contributed by atoms with Gasteiger partial charge in [0.25, 0.3) is 17.0 Å². The van der Waals surface area contributed by atoms with E-state index in [0.717, 1.165) is 4.63 Å². The number of nitrogens with two attached hydrogens (primary N) is 1. The first-order chi connectivity index (χ1) is 15.5. The van der Waals surface area contributed by atoms with Crippen LogP contribution < -0.4 is 16.9 Å². The van der Waals surface area contributed by atoms with Crippen molar-refractivity contribution < 1.29 is 4.79 Å². The lowest BCUT2D eigenvalue weighted by atomic mass is 10.1. The molecular weight excluding hydrogens is 428 g/mol. The van der Waals surface area contributed by atoms with Crippen molar-refractivity contribution in [2.75, 3.05) is 0 Å². The third-order valence-electron chi connectivity index (χ3n) is 5.38. The molecule has 0 saturated heterocycles. The largest absolute Gasteiger partial charge is 0.364 e. The second-order valence-corrected chi connectivity index (χ2v) is 8.72. The normalized spacial score (nSPS) is 12.8. The molecule has 0 radical (unpaired) electrons. The predicted octanol–water partition coefficient (Wildman–Crippen LogP) is 0.174. The van der Waals surface area contributed by atoms with E-state index in [-0.39, 0.29) is 33.8 Å². The number of nitrogens with zero attached hydrogens (tertiary/aromatic N) is 9. The van der Waals surface area contributed by atoms with E-state index in [9.17, 15) is 19.6 Å². The van der Waals surface area contributed by atoms with Gasteiger partial charge in [-0.2, -0.15) is 15.5 Å². The number of aromatic nitrogens is 8. The first-order valence-electron chi connectivity index (χ1n) is 10.2. The lowest BCUT2D eigenvalue weighted by molar-refractivity contribution is 0.0993. The van der Waals surface area contributed by atoms with Crippen LogP contribution in [0.5, 0.6) is 0 Å². The first-order valence-corrected chi connectivity index (χ1v) is 10.2. The van der Waals surface area contributed by atoms with Gasteiger partial charge in [0.2, 0.25) is 0 Å². The fourth-order valence-electron chi connectivity index (χ4n) is 3.63. The summed E-state index contributed by atoms with van der Waals surface area (Å²) in [7, 11) is 0. The van der Waals surface area contributed by atoms with Crippen LogP contribution in [0.25, 0.3) is 16.6 Å². The molecular formula is C20H22N10O3. The zero-order chi connectivity index (χ0) is 24.1. The van der Waals surface area contributed by atoms with Crippen LogP contribution in [0, 0.1) is 11.3 Å². The molecule has 1 amide bonds. The van der Waals surface area contributed by atoms with Crippen LogP contribution in [0.4, 0.5) is 0 Å². The molecule has 4 rings (SSSR count). The second kappa shape index (κ2) is 7.66. The number of carbonyl (C=O) groups excluding carboxylic acids is 1. The van der Waals surface area contributed by atoms with Crippen molar-refractivity contribution in [3.8, 4) is 6.07 Å². The topological polar surface area (TPSA) is 172 Å². The Morgan fingerprint density at radius 2 is 1.91 bits per heavy atom. The van der Waals surface area contributed by atoms with Gasteiger partial charge in [-0.15, -0.1) is 9.73 Å². The van der Waals surface area contributed by atoms with Crippen molar-refractivity contribution in [2.45, 2.75) is 52.2 Å². The fraction of sp³-hybridized carbons (Fsp3) is 0.400. The minimum atomic E-state index is -0.781. The van der Waals surface area contributed by atoms with Crippen molar-refractivity contribution in [3.05, 3.63) is 50.8 Å². The number of primary amides is 1. The van der Waals surface area contributed by atoms with Crippen LogP contribution in [0.1, 0.15) is 56.2 Å². The van der Waals surface area contributed by atoms with E-state index < -0.39 is 22.6 Å². The van der Waals surface area contributed by atoms with Gasteiger partial charge >= 0.3 is 0 Å². The summed E-state index contributed by atoms with van der Waals surface area (Å²) in [5.41, 5.74) is 4.53. The van der Waals surface area contributed by atoms with Crippen LogP contribution in [0.3, 0.4) is 0 Å². The average Bonchev–Trinajstić information content (AvgIpc) is 3.36. The van der Waals surface area contributed by atoms with Crippen LogP contribution in [0.15, 0.2) is 28.4 Å². The Labute approximate surface area is 186 Å². The number of fused-ring (bicyclic) bond motifs is 2. The van der Waals surface area contributed by atoms with Crippen molar-refractivity contribution in [1.82, 2.24) is 38.7 Å². The molecule has 0 aromatic carbocycles. The number of rotatable bonds is 5. The highest BCUT2D eigenvalue weighted by molar-refractivity contribution is 6.01. The molecule has 13 heteroatoms. The van der Waals surface area contributed by atoms with Crippen molar-refractivity contribution in [2.24, 2.45) is 5.73 Å². The Morgan fingerprint density at radius 3 is 2.55 bits per heavy atom. The molecule has 33 heavy (non-hydrogen) atoms. The quantitative estimate of drug-likeness (QED) is 0.448. The van der Waals surface area contributed by atoms with Gasteiger partial charge in [0.15, 0.2) is 11.2 Å². The van der Waals surface area contributed by atoms with Gasteiger partial charge in [0.1, 0.15) is 29.0 Å². The zero-order valence-corrected chi connectivity index (χ0v) is 18.6. The molecule has 1 unspecified atom stereocenters. The summed E-state index contributed by atoms with van der Waals surface area (Å²) >= 11 is 0. The molecule has 13 nitrogen and oxygen atoms in total. The van der Waals surface area contributed by atoms with E-state index in [1.54, 1.807) is 25.3 Å². The smallest absolute Gasteiger partial charge is 0.293 e. The summed E-state index contributed by atoms with van der Waals surface area (Å²) < 4.78 is 5.39. The van der Waals surface area contributed by atoms with Crippen molar-refractivity contribution in [3.63, 3.8) is 0 Å². The SMILES string of the molecule is CC(CCn1cnc2c(C(N)=O)nn(C(C)(C)C)c(=O)c21)n1cnn2ncc(C#N)c2c1=O. The highest BCUT2D eigenvalue weighted by atomic mass is 16.2.